The molecule has 1 N–H and O–H groups in total. The minimum Gasteiger partial charge on any atom is -0.449 e. The Hall–Kier alpha value is -4.20. The normalized spacial score (nSPS) is 21.9. The number of nitrogens with zero attached hydrogens (tertiary/aromatic N) is 6. The number of ether oxygens (including phenoxy) is 1. The SMILES string of the molecule is CCCCOC(=O)N1CCN(C(=O)[C@@H](NC(=O)c2cc(N3CC4C(C#N)C4C3)nc(-c3ccccc3)n2)C(C)C)CC1. The summed E-state index contributed by atoms with van der Waals surface area (Å²) in [4.78, 5) is 54.3. The first-order chi connectivity index (χ1) is 20.3. The van der Waals surface area contributed by atoms with Crippen molar-refractivity contribution >= 4 is 23.7 Å². The zero-order valence-electron chi connectivity index (χ0n) is 24.5. The van der Waals surface area contributed by atoms with E-state index in [2.05, 4.69) is 21.3 Å². The van der Waals surface area contributed by atoms with E-state index >= 15 is 0 Å². The summed E-state index contributed by atoms with van der Waals surface area (Å²) in [6, 6.07) is 12.8. The molecule has 0 radical (unpaired) electrons. The summed E-state index contributed by atoms with van der Waals surface area (Å²) in [6.07, 6.45) is 1.42. The second-order valence-electron chi connectivity index (χ2n) is 11.7. The molecular weight excluding hydrogens is 534 g/mol. The highest BCUT2D eigenvalue weighted by Gasteiger charge is 2.56. The summed E-state index contributed by atoms with van der Waals surface area (Å²) in [6.45, 7) is 9.18. The Morgan fingerprint density at radius 3 is 2.33 bits per heavy atom. The molecule has 2 aliphatic heterocycles. The number of piperazine rings is 1. The first kappa shape index (κ1) is 29.3. The number of nitrogens with one attached hydrogen (secondary N) is 1. The van der Waals surface area contributed by atoms with E-state index in [0.29, 0.717) is 56.3 Å². The topological polar surface area (TPSA) is 132 Å². The third-order valence-corrected chi connectivity index (χ3v) is 8.44. The number of aromatic nitrogens is 2. The smallest absolute Gasteiger partial charge is 0.409 e. The van der Waals surface area contributed by atoms with Crippen molar-refractivity contribution in [2.24, 2.45) is 23.7 Å². The highest BCUT2D eigenvalue weighted by Crippen LogP contribution is 2.51. The Morgan fingerprint density at radius 2 is 1.71 bits per heavy atom. The van der Waals surface area contributed by atoms with Crippen LogP contribution in [0.25, 0.3) is 11.4 Å². The lowest BCUT2D eigenvalue weighted by molar-refractivity contribution is -0.135. The van der Waals surface area contributed by atoms with Gasteiger partial charge in [-0.05, 0) is 24.2 Å². The summed E-state index contributed by atoms with van der Waals surface area (Å²) in [5, 5.41) is 12.3. The Bertz CT molecular complexity index is 1320. The van der Waals surface area contributed by atoms with Crippen molar-refractivity contribution in [3.63, 3.8) is 0 Å². The second-order valence-corrected chi connectivity index (χ2v) is 11.7. The minimum absolute atomic E-state index is 0.103. The largest absolute Gasteiger partial charge is 0.449 e. The summed E-state index contributed by atoms with van der Waals surface area (Å²) in [5.41, 5.74) is 0.976. The highest BCUT2D eigenvalue weighted by atomic mass is 16.6. The van der Waals surface area contributed by atoms with Crippen LogP contribution in [-0.2, 0) is 9.53 Å². The number of carbonyl (C=O) groups excluding carboxylic acids is 3. The molecule has 0 spiro atoms. The molecule has 42 heavy (non-hydrogen) atoms. The van der Waals surface area contributed by atoms with Gasteiger partial charge in [-0.2, -0.15) is 5.26 Å². The molecule has 11 nitrogen and oxygen atoms in total. The van der Waals surface area contributed by atoms with Gasteiger partial charge in [0.25, 0.3) is 5.91 Å². The third kappa shape index (κ3) is 6.32. The molecule has 2 aromatic rings. The van der Waals surface area contributed by atoms with Crippen molar-refractivity contribution in [3.05, 3.63) is 42.1 Å². The van der Waals surface area contributed by atoms with Crippen molar-refractivity contribution < 1.29 is 19.1 Å². The number of fused-ring (bicyclic) bond motifs is 1. The molecule has 3 fully saturated rings. The number of piperidine rings is 1. The van der Waals surface area contributed by atoms with Gasteiger partial charge in [0.2, 0.25) is 5.91 Å². The number of nitriles is 1. The highest BCUT2D eigenvalue weighted by molar-refractivity contribution is 5.97. The predicted molar refractivity (Wildman–Crippen MR) is 156 cm³/mol. The monoisotopic (exact) mass is 573 g/mol. The van der Waals surface area contributed by atoms with Crippen LogP contribution in [0.15, 0.2) is 36.4 Å². The summed E-state index contributed by atoms with van der Waals surface area (Å²) >= 11 is 0. The van der Waals surface area contributed by atoms with Crippen LogP contribution in [0.2, 0.25) is 0 Å². The van der Waals surface area contributed by atoms with Crippen molar-refractivity contribution in [1.82, 2.24) is 25.1 Å². The molecule has 2 saturated heterocycles. The molecule has 5 rings (SSSR count). The maximum absolute atomic E-state index is 13.6. The van der Waals surface area contributed by atoms with E-state index in [9.17, 15) is 19.6 Å². The van der Waals surface area contributed by atoms with Gasteiger partial charge in [-0.15, -0.1) is 0 Å². The van der Waals surface area contributed by atoms with Crippen molar-refractivity contribution in [2.75, 3.05) is 50.8 Å². The quantitative estimate of drug-likeness (QED) is 0.453. The van der Waals surface area contributed by atoms with Gasteiger partial charge in [-0.1, -0.05) is 57.5 Å². The fraction of sp³-hybridized carbons (Fsp3) is 0.548. The van der Waals surface area contributed by atoms with Crippen LogP contribution >= 0.6 is 0 Å². The number of amides is 3. The number of benzene rings is 1. The van der Waals surface area contributed by atoms with E-state index in [1.807, 2.05) is 51.1 Å². The minimum atomic E-state index is -0.755. The number of hydrogen-bond acceptors (Lipinski definition) is 8. The van der Waals surface area contributed by atoms with Crippen LogP contribution in [0, 0.1) is 35.0 Å². The lowest BCUT2D eigenvalue weighted by Crippen LogP contribution is -2.57. The molecule has 3 heterocycles. The Morgan fingerprint density at radius 1 is 1.05 bits per heavy atom. The maximum atomic E-state index is 13.6. The first-order valence-electron chi connectivity index (χ1n) is 14.9. The lowest BCUT2D eigenvalue weighted by atomic mass is 10.0. The predicted octanol–water partition coefficient (Wildman–Crippen LogP) is 3.18. The van der Waals surface area contributed by atoms with E-state index in [-0.39, 0.29) is 29.5 Å². The number of hydrogen-bond donors (Lipinski definition) is 1. The molecule has 3 aliphatic rings. The van der Waals surface area contributed by atoms with Gasteiger partial charge in [0.1, 0.15) is 17.6 Å². The molecule has 3 atom stereocenters. The average molecular weight is 574 g/mol. The Balaban J connectivity index is 1.28. The number of anilines is 1. The second kappa shape index (κ2) is 12.8. The van der Waals surface area contributed by atoms with Crippen molar-refractivity contribution in [1.29, 1.82) is 5.26 Å². The zero-order valence-corrected chi connectivity index (χ0v) is 24.5. The van der Waals surface area contributed by atoms with Crippen LogP contribution in [-0.4, -0.2) is 89.6 Å². The standard InChI is InChI=1S/C31H39N7O4/c1-4-5-15-42-31(41)37-13-11-36(12-14-37)30(40)27(20(2)3)35-29(39)25-16-26(38-18-23-22(17-32)24(23)19-38)34-28(33-25)21-9-7-6-8-10-21/h6-10,16,20,22-24,27H,4-5,11-15,18-19H2,1-3H3,(H,35,39)/t22?,23?,24?,27-/m0/s1. The summed E-state index contributed by atoms with van der Waals surface area (Å²) < 4.78 is 5.31. The van der Waals surface area contributed by atoms with Crippen LogP contribution in [0.3, 0.4) is 0 Å². The fourth-order valence-corrected chi connectivity index (χ4v) is 5.76. The van der Waals surface area contributed by atoms with E-state index < -0.39 is 11.9 Å². The Labute approximate surface area is 246 Å². The number of carbonyl (C=O) groups is 3. The van der Waals surface area contributed by atoms with Gasteiger partial charge in [-0.3, -0.25) is 9.59 Å². The molecule has 3 amide bonds. The van der Waals surface area contributed by atoms with Gasteiger partial charge in [0.15, 0.2) is 5.82 Å². The fourth-order valence-electron chi connectivity index (χ4n) is 5.76. The zero-order chi connectivity index (χ0) is 29.8. The summed E-state index contributed by atoms with van der Waals surface area (Å²) in [7, 11) is 0. The van der Waals surface area contributed by atoms with Crippen LogP contribution < -0.4 is 10.2 Å². The van der Waals surface area contributed by atoms with Gasteiger partial charge >= 0.3 is 6.09 Å². The Kier molecular flexibility index (Phi) is 8.90. The van der Waals surface area contributed by atoms with Gasteiger partial charge in [0.05, 0.1) is 18.6 Å². The van der Waals surface area contributed by atoms with Gasteiger partial charge in [0, 0.05) is 50.9 Å². The van der Waals surface area contributed by atoms with Crippen LogP contribution in [0.5, 0.6) is 0 Å². The summed E-state index contributed by atoms with van der Waals surface area (Å²) in [5.74, 6) is 1.07. The molecule has 0 bridgehead atoms. The lowest BCUT2D eigenvalue weighted by Gasteiger charge is -2.36. The number of unbranched alkanes of at least 4 members (excludes halogenated alkanes) is 1. The molecule has 1 saturated carbocycles. The molecule has 2 unspecified atom stereocenters. The molecule has 1 aromatic heterocycles. The van der Waals surface area contributed by atoms with Crippen molar-refractivity contribution in [3.8, 4) is 17.5 Å². The molecule has 11 heteroatoms. The third-order valence-electron chi connectivity index (χ3n) is 8.44. The molecule has 1 aromatic carbocycles. The van der Waals surface area contributed by atoms with Gasteiger partial charge < -0.3 is 24.8 Å². The van der Waals surface area contributed by atoms with Crippen molar-refractivity contribution in [2.45, 2.75) is 39.7 Å². The van der Waals surface area contributed by atoms with E-state index in [0.717, 1.165) is 31.5 Å². The number of rotatable bonds is 9. The van der Waals surface area contributed by atoms with E-state index in [4.69, 9.17) is 9.72 Å². The molecule has 1 aliphatic carbocycles. The van der Waals surface area contributed by atoms with E-state index in [1.165, 1.54) is 0 Å². The van der Waals surface area contributed by atoms with Crippen LogP contribution in [0.1, 0.15) is 44.1 Å². The average Bonchev–Trinajstić information content (AvgIpc) is 3.49. The first-order valence-corrected chi connectivity index (χ1v) is 14.9. The molecular formula is C31H39N7O4. The van der Waals surface area contributed by atoms with E-state index in [1.54, 1.807) is 15.9 Å². The van der Waals surface area contributed by atoms with Gasteiger partial charge in [-0.25, -0.2) is 14.8 Å². The molecule has 222 valence electrons. The maximum Gasteiger partial charge on any atom is 0.409 e. The van der Waals surface area contributed by atoms with Crippen LogP contribution in [0.4, 0.5) is 10.6 Å².